The molecule has 13 nitrogen and oxygen atoms in total. The van der Waals surface area contributed by atoms with Crippen LogP contribution in [-0.4, -0.2) is 104 Å². The van der Waals surface area contributed by atoms with E-state index in [2.05, 4.69) is 10.1 Å². The largest absolute Gasteiger partial charge is 0.393 e. The van der Waals surface area contributed by atoms with Gasteiger partial charge in [0.1, 0.15) is 0 Å². The fourth-order valence-electron chi connectivity index (χ4n) is 6.69. The number of aliphatic hydroxyl groups excluding tert-OH is 2. The molecule has 2 rings (SSSR count). The van der Waals surface area contributed by atoms with E-state index in [4.69, 9.17) is 5.14 Å². The Balaban J connectivity index is 2.28. The third kappa shape index (κ3) is 13.3. The van der Waals surface area contributed by atoms with Crippen LogP contribution in [0.5, 0.6) is 0 Å². The number of sulfonamides is 2. The van der Waals surface area contributed by atoms with E-state index in [1.165, 1.54) is 5.01 Å². The number of hydrogen-bond acceptors (Lipinski definition) is 9. The number of amides is 2. The Morgan fingerprint density at radius 3 is 2.02 bits per heavy atom. The zero-order chi connectivity index (χ0) is 33.9. The van der Waals surface area contributed by atoms with Gasteiger partial charge in [0.05, 0.1) is 29.3 Å². The molecule has 0 aromatic rings. The minimum absolute atomic E-state index is 0.0233. The van der Waals surface area contributed by atoms with E-state index in [1.807, 2.05) is 13.8 Å². The minimum Gasteiger partial charge on any atom is -0.393 e. The molecule has 15 heteroatoms. The molecule has 2 saturated carbocycles. The lowest BCUT2D eigenvalue weighted by atomic mass is 9.79. The second-order valence-corrected chi connectivity index (χ2v) is 17.1. The quantitative estimate of drug-likeness (QED) is 0.132. The average Bonchev–Trinajstić information content (AvgIpc) is 2.95. The summed E-state index contributed by atoms with van der Waals surface area (Å²) in [6.07, 6.45) is 3.27. The van der Waals surface area contributed by atoms with Crippen molar-refractivity contribution in [1.82, 2.24) is 20.1 Å². The fraction of sp³-hybridized carbons (Fsp3) is 0.933. The number of aliphatic hydroxyl groups is 2. The van der Waals surface area contributed by atoms with Gasteiger partial charge < -0.3 is 20.4 Å². The van der Waals surface area contributed by atoms with Gasteiger partial charge >= 0.3 is 0 Å². The maximum Gasteiger partial charge on any atom is 0.225 e. The van der Waals surface area contributed by atoms with Crippen LogP contribution in [0.15, 0.2) is 0 Å². The highest BCUT2D eigenvalue weighted by Gasteiger charge is 2.42. The van der Waals surface area contributed by atoms with Crippen LogP contribution in [0.25, 0.3) is 0 Å². The number of nitrogens with two attached hydrogens (primary N) is 1. The first kappa shape index (κ1) is 39.8. The molecule has 0 saturated heterocycles. The summed E-state index contributed by atoms with van der Waals surface area (Å²) in [6.45, 7) is 10.6. The molecule has 264 valence electrons. The van der Waals surface area contributed by atoms with Gasteiger partial charge in [-0.1, -0.05) is 34.6 Å². The summed E-state index contributed by atoms with van der Waals surface area (Å²) in [5.41, 5.74) is 0. The first-order valence-corrected chi connectivity index (χ1v) is 20.0. The predicted octanol–water partition coefficient (Wildman–Crippen LogP) is 1.31. The number of nitrogens with one attached hydrogen (secondary N) is 2. The molecular formula is C30H59N5O8S2. The van der Waals surface area contributed by atoms with E-state index in [-0.39, 0.29) is 62.0 Å². The topological polar surface area (TPSA) is 199 Å². The minimum atomic E-state index is -4.02. The third-order valence-electron chi connectivity index (χ3n) is 8.95. The second kappa shape index (κ2) is 18.3. The first-order valence-electron chi connectivity index (χ1n) is 16.7. The molecule has 0 aromatic carbocycles. The molecule has 0 radical (unpaired) electrons. The van der Waals surface area contributed by atoms with Crippen LogP contribution in [0.2, 0.25) is 0 Å². The van der Waals surface area contributed by atoms with E-state index >= 15 is 0 Å². The maximum absolute atomic E-state index is 13.8. The van der Waals surface area contributed by atoms with Crippen molar-refractivity contribution in [3.8, 4) is 0 Å². The average molecular weight is 682 g/mol. The Morgan fingerprint density at radius 1 is 0.933 bits per heavy atom. The Bertz CT molecular complexity index is 1140. The number of rotatable bonds is 18. The number of primary sulfonamides is 1. The third-order valence-corrected chi connectivity index (χ3v) is 11.9. The van der Waals surface area contributed by atoms with Crippen LogP contribution in [0.4, 0.5) is 0 Å². The lowest BCUT2D eigenvalue weighted by Gasteiger charge is -2.37. The molecule has 0 heterocycles. The Morgan fingerprint density at radius 2 is 1.51 bits per heavy atom. The molecule has 2 aliphatic rings. The van der Waals surface area contributed by atoms with E-state index < -0.39 is 55.2 Å². The first-order chi connectivity index (χ1) is 21.0. The van der Waals surface area contributed by atoms with Gasteiger partial charge in [-0.2, -0.15) is 0 Å². The lowest BCUT2D eigenvalue weighted by Crippen LogP contribution is -2.55. The molecule has 2 aliphatic carbocycles. The highest BCUT2D eigenvalue weighted by Crippen LogP contribution is 2.35. The van der Waals surface area contributed by atoms with Gasteiger partial charge in [-0.25, -0.2) is 27.0 Å². The molecule has 0 bridgehead atoms. The number of hydrazine groups is 1. The van der Waals surface area contributed by atoms with Crippen LogP contribution in [-0.2, 0) is 29.6 Å². The molecule has 5 atom stereocenters. The van der Waals surface area contributed by atoms with Gasteiger partial charge in [-0.15, -0.1) is 4.83 Å². The molecule has 5 unspecified atom stereocenters. The van der Waals surface area contributed by atoms with Crippen LogP contribution >= 0.6 is 0 Å². The zero-order valence-electron chi connectivity index (χ0n) is 27.9. The smallest absolute Gasteiger partial charge is 0.225 e. The number of nitrogens with zero attached hydrogens (tertiary/aromatic N) is 2. The monoisotopic (exact) mass is 681 g/mol. The maximum atomic E-state index is 13.8. The van der Waals surface area contributed by atoms with E-state index in [0.717, 1.165) is 25.7 Å². The highest BCUT2D eigenvalue weighted by molar-refractivity contribution is 7.89. The zero-order valence-corrected chi connectivity index (χ0v) is 29.5. The van der Waals surface area contributed by atoms with Gasteiger partial charge in [0.25, 0.3) is 0 Å². The van der Waals surface area contributed by atoms with Crippen molar-refractivity contribution in [2.45, 2.75) is 122 Å². The fourth-order valence-corrected chi connectivity index (χ4v) is 9.24. The molecule has 6 N–H and O–H groups in total. The van der Waals surface area contributed by atoms with Gasteiger partial charge in [-0.05, 0) is 76.0 Å². The standard InChI is InChI=1S/C30H59N5O8S2/c1-6-13-34(14-7-2)30(39)24-16-23(17-26(18-24)45(31,42)43)29(38)32-27(15-22-9-11-25(36)12-10-22)28(37)19-35(8-3)33-44(40,41)20-21(4)5/h21-28,33,36-37H,6-20H2,1-5H3,(H,32,38)(H2,31,42,43). The van der Waals surface area contributed by atoms with Crippen LogP contribution in [0.3, 0.4) is 0 Å². The Kier molecular flexibility index (Phi) is 16.2. The predicted molar refractivity (Wildman–Crippen MR) is 174 cm³/mol. The number of carbonyl (C=O) groups is 2. The molecule has 0 aliphatic heterocycles. The summed E-state index contributed by atoms with van der Waals surface area (Å²) in [6, 6.07) is -0.762. The Labute approximate surface area is 271 Å². The summed E-state index contributed by atoms with van der Waals surface area (Å²) in [4.78, 5) is 31.6. The molecule has 0 spiro atoms. The number of hydrogen-bond donors (Lipinski definition) is 5. The normalized spacial score (nSPS) is 26.0. The second-order valence-electron chi connectivity index (χ2n) is 13.5. The number of carbonyl (C=O) groups excluding carboxylic acids is 2. The van der Waals surface area contributed by atoms with Crippen LogP contribution in [0.1, 0.15) is 98.8 Å². The van der Waals surface area contributed by atoms with Crippen LogP contribution < -0.4 is 15.3 Å². The molecular weight excluding hydrogens is 622 g/mol. The van der Waals surface area contributed by atoms with Crippen molar-refractivity contribution in [3.63, 3.8) is 0 Å². The van der Waals surface area contributed by atoms with Gasteiger partial charge in [0.2, 0.25) is 31.9 Å². The molecule has 2 fully saturated rings. The van der Waals surface area contributed by atoms with E-state index in [9.17, 15) is 36.6 Å². The van der Waals surface area contributed by atoms with E-state index in [0.29, 0.717) is 32.4 Å². The van der Waals surface area contributed by atoms with Crippen molar-refractivity contribution >= 4 is 31.9 Å². The van der Waals surface area contributed by atoms with Crippen LogP contribution in [0, 0.1) is 23.7 Å². The summed E-state index contributed by atoms with van der Waals surface area (Å²) in [5.74, 6) is -2.17. The highest BCUT2D eigenvalue weighted by atomic mass is 32.2. The van der Waals surface area contributed by atoms with Crippen molar-refractivity contribution in [2.24, 2.45) is 28.8 Å². The van der Waals surface area contributed by atoms with Gasteiger partial charge in [-0.3, -0.25) is 9.59 Å². The van der Waals surface area contributed by atoms with Crippen molar-refractivity contribution in [3.05, 3.63) is 0 Å². The summed E-state index contributed by atoms with van der Waals surface area (Å²) >= 11 is 0. The van der Waals surface area contributed by atoms with Crippen molar-refractivity contribution in [2.75, 3.05) is 31.9 Å². The summed E-state index contributed by atoms with van der Waals surface area (Å²) in [5, 5.41) is 30.3. The SMILES string of the molecule is CCCN(CCC)C(=O)C1CC(C(=O)NC(CC2CCC(O)CC2)C(O)CN(CC)NS(=O)(=O)CC(C)C)CC(S(N)(=O)=O)C1. The van der Waals surface area contributed by atoms with Crippen molar-refractivity contribution < 1.29 is 36.6 Å². The van der Waals surface area contributed by atoms with Crippen molar-refractivity contribution in [1.29, 1.82) is 0 Å². The number of likely N-dealkylation sites (N-methyl/N-ethyl adjacent to an activating group) is 1. The lowest BCUT2D eigenvalue weighted by molar-refractivity contribution is -0.138. The van der Waals surface area contributed by atoms with E-state index in [1.54, 1.807) is 25.7 Å². The van der Waals surface area contributed by atoms with Gasteiger partial charge in [0.15, 0.2) is 0 Å². The summed E-state index contributed by atoms with van der Waals surface area (Å²) in [7, 11) is -7.66. The summed E-state index contributed by atoms with van der Waals surface area (Å²) < 4.78 is 50.2. The van der Waals surface area contributed by atoms with Gasteiger partial charge in [0, 0.05) is 38.0 Å². The Hall–Kier alpha value is -1.36. The molecule has 0 aromatic heterocycles. The molecule has 2 amide bonds. The molecule has 45 heavy (non-hydrogen) atoms.